The highest BCUT2D eigenvalue weighted by atomic mass is 19.1. The van der Waals surface area contributed by atoms with Crippen LogP contribution in [-0.4, -0.2) is 32.6 Å². The van der Waals surface area contributed by atoms with Crippen molar-refractivity contribution in [2.24, 2.45) is 0 Å². The maximum absolute atomic E-state index is 13.4. The topological polar surface area (TPSA) is 50.2 Å². The normalized spacial score (nSPS) is 11.2. The molecule has 5 nitrogen and oxygen atoms in total. The summed E-state index contributed by atoms with van der Waals surface area (Å²) < 4.78 is 15.3. The van der Waals surface area contributed by atoms with Gasteiger partial charge in [-0.2, -0.15) is 0 Å². The zero-order valence-electron chi connectivity index (χ0n) is 15.0. The van der Waals surface area contributed by atoms with Gasteiger partial charge in [0.25, 0.3) is 0 Å². The number of imidazole rings is 1. The van der Waals surface area contributed by atoms with E-state index in [1.165, 1.54) is 12.1 Å². The molecule has 134 valence electrons. The smallest absolute Gasteiger partial charge is 0.318 e. The van der Waals surface area contributed by atoms with Crippen molar-refractivity contribution in [1.29, 1.82) is 0 Å². The number of hydrogen-bond acceptors (Lipinski definition) is 2. The van der Waals surface area contributed by atoms with Gasteiger partial charge in [-0.1, -0.05) is 18.2 Å². The number of amides is 2. The van der Waals surface area contributed by atoms with Crippen LogP contribution in [0.25, 0.3) is 0 Å². The summed E-state index contributed by atoms with van der Waals surface area (Å²) in [5.41, 5.74) is 0.515. The molecule has 0 aliphatic carbocycles. The number of nitrogens with one attached hydrogen (secondary N) is 1. The van der Waals surface area contributed by atoms with Crippen LogP contribution in [0, 0.1) is 5.82 Å². The Kier molecular flexibility index (Phi) is 5.96. The number of urea groups is 1. The number of benzene rings is 1. The molecular weight excluding hydrogens is 319 g/mol. The second-order valence-corrected chi connectivity index (χ2v) is 6.95. The summed E-state index contributed by atoms with van der Waals surface area (Å²) in [6.45, 7) is 10.8. The van der Waals surface area contributed by atoms with E-state index in [0.717, 1.165) is 11.4 Å². The first-order valence-electron chi connectivity index (χ1n) is 8.21. The molecule has 0 spiro atoms. The minimum Gasteiger partial charge on any atom is -0.333 e. The molecule has 0 fully saturated rings. The van der Waals surface area contributed by atoms with Gasteiger partial charge < -0.3 is 14.8 Å². The first kappa shape index (κ1) is 18.7. The predicted octanol–water partition coefficient (Wildman–Crippen LogP) is 3.57. The Morgan fingerprint density at radius 1 is 1.44 bits per heavy atom. The Morgan fingerprint density at radius 2 is 2.20 bits per heavy atom. The predicted molar refractivity (Wildman–Crippen MR) is 96.6 cm³/mol. The van der Waals surface area contributed by atoms with E-state index in [9.17, 15) is 9.18 Å². The van der Waals surface area contributed by atoms with Gasteiger partial charge in [0.05, 0.1) is 6.54 Å². The molecule has 0 atom stereocenters. The molecular formula is C19H25FN4O. The van der Waals surface area contributed by atoms with Gasteiger partial charge in [0.15, 0.2) is 0 Å². The Labute approximate surface area is 148 Å². The lowest BCUT2D eigenvalue weighted by atomic mass is 10.1. The van der Waals surface area contributed by atoms with Crippen molar-refractivity contribution in [3.05, 3.63) is 66.5 Å². The first-order chi connectivity index (χ1) is 11.8. The SMILES string of the molecule is C=CCN(Cc1nccn1Cc1cccc(F)c1)C(=O)NC(C)(C)C. The van der Waals surface area contributed by atoms with E-state index in [1.54, 1.807) is 23.2 Å². The van der Waals surface area contributed by atoms with Crippen LogP contribution in [0.1, 0.15) is 32.2 Å². The van der Waals surface area contributed by atoms with Gasteiger partial charge in [0.2, 0.25) is 0 Å². The van der Waals surface area contributed by atoms with Crippen molar-refractivity contribution in [2.75, 3.05) is 6.54 Å². The maximum atomic E-state index is 13.4. The van der Waals surface area contributed by atoms with E-state index in [4.69, 9.17) is 0 Å². The maximum Gasteiger partial charge on any atom is 0.318 e. The molecule has 25 heavy (non-hydrogen) atoms. The summed E-state index contributed by atoms with van der Waals surface area (Å²) in [5.74, 6) is 0.465. The highest BCUT2D eigenvalue weighted by molar-refractivity contribution is 5.75. The summed E-state index contributed by atoms with van der Waals surface area (Å²) in [6, 6.07) is 6.29. The number of carbonyl (C=O) groups excluding carboxylic acids is 1. The molecule has 0 unspecified atom stereocenters. The zero-order valence-corrected chi connectivity index (χ0v) is 15.0. The molecule has 1 N–H and O–H groups in total. The third-order valence-corrected chi connectivity index (χ3v) is 3.49. The monoisotopic (exact) mass is 344 g/mol. The van der Waals surface area contributed by atoms with Gasteiger partial charge in [-0.3, -0.25) is 0 Å². The summed E-state index contributed by atoms with van der Waals surface area (Å²) in [7, 11) is 0. The number of carbonyl (C=O) groups is 1. The molecule has 0 saturated heterocycles. The van der Waals surface area contributed by atoms with Crippen molar-refractivity contribution in [2.45, 2.75) is 39.4 Å². The van der Waals surface area contributed by atoms with Crippen molar-refractivity contribution in [3.8, 4) is 0 Å². The van der Waals surface area contributed by atoms with Gasteiger partial charge in [0, 0.05) is 31.0 Å². The first-order valence-corrected chi connectivity index (χ1v) is 8.21. The number of hydrogen-bond donors (Lipinski definition) is 1. The Bertz CT molecular complexity index is 733. The van der Waals surface area contributed by atoms with E-state index in [0.29, 0.717) is 19.6 Å². The van der Waals surface area contributed by atoms with E-state index in [2.05, 4.69) is 16.9 Å². The molecule has 2 rings (SSSR count). The Morgan fingerprint density at radius 3 is 2.84 bits per heavy atom. The molecule has 0 radical (unpaired) electrons. The van der Waals surface area contributed by atoms with Crippen molar-refractivity contribution < 1.29 is 9.18 Å². The average molecular weight is 344 g/mol. The van der Waals surface area contributed by atoms with Gasteiger partial charge >= 0.3 is 6.03 Å². The molecule has 1 aromatic carbocycles. The van der Waals surface area contributed by atoms with E-state index >= 15 is 0 Å². The van der Waals surface area contributed by atoms with Gasteiger partial charge in [-0.15, -0.1) is 6.58 Å². The summed E-state index contributed by atoms with van der Waals surface area (Å²) >= 11 is 0. The van der Waals surface area contributed by atoms with Crippen molar-refractivity contribution >= 4 is 6.03 Å². The fourth-order valence-electron chi connectivity index (χ4n) is 2.41. The van der Waals surface area contributed by atoms with E-state index < -0.39 is 0 Å². The largest absolute Gasteiger partial charge is 0.333 e. The number of rotatable bonds is 6. The lowest BCUT2D eigenvalue weighted by molar-refractivity contribution is 0.190. The summed E-state index contributed by atoms with van der Waals surface area (Å²) in [6.07, 6.45) is 5.19. The lowest BCUT2D eigenvalue weighted by Gasteiger charge is -2.27. The summed E-state index contributed by atoms with van der Waals surface area (Å²) in [5, 5.41) is 2.95. The zero-order chi connectivity index (χ0) is 18.4. The number of halogens is 1. The fourth-order valence-corrected chi connectivity index (χ4v) is 2.41. The van der Waals surface area contributed by atoms with E-state index in [1.807, 2.05) is 37.6 Å². The third kappa shape index (κ3) is 5.74. The van der Waals surface area contributed by atoms with Crippen LogP contribution in [0.2, 0.25) is 0 Å². The molecule has 0 bridgehead atoms. The molecule has 6 heteroatoms. The number of aromatic nitrogens is 2. The van der Waals surface area contributed by atoms with E-state index in [-0.39, 0.29) is 17.4 Å². The van der Waals surface area contributed by atoms with Crippen LogP contribution in [0.5, 0.6) is 0 Å². The standard InChI is InChI=1S/C19H25FN4O/c1-5-10-24(18(25)22-19(2,3)4)14-17-21-9-11-23(17)13-15-7-6-8-16(20)12-15/h5-9,11-12H,1,10,13-14H2,2-4H3,(H,22,25). The third-order valence-electron chi connectivity index (χ3n) is 3.49. The molecule has 0 aliphatic rings. The second kappa shape index (κ2) is 7.96. The molecule has 1 aromatic heterocycles. The van der Waals surface area contributed by atoms with Crippen LogP contribution in [0.3, 0.4) is 0 Å². The fraction of sp³-hybridized carbons (Fsp3) is 0.368. The van der Waals surface area contributed by atoms with Crippen LogP contribution >= 0.6 is 0 Å². The second-order valence-electron chi connectivity index (χ2n) is 6.95. The quantitative estimate of drug-likeness (QED) is 0.815. The van der Waals surface area contributed by atoms with Gasteiger partial charge in [-0.25, -0.2) is 14.2 Å². The van der Waals surface area contributed by atoms with Crippen molar-refractivity contribution in [1.82, 2.24) is 19.8 Å². The van der Waals surface area contributed by atoms with Crippen molar-refractivity contribution in [3.63, 3.8) is 0 Å². The van der Waals surface area contributed by atoms with Gasteiger partial charge in [-0.05, 0) is 38.5 Å². The summed E-state index contributed by atoms with van der Waals surface area (Å²) in [4.78, 5) is 18.5. The van der Waals surface area contributed by atoms with Crippen LogP contribution in [-0.2, 0) is 13.1 Å². The molecule has 2 amide bonds. The molecule has 2 aromatic rings. The molecule has 0 saturated carbocycles. The molecule has 0 aliphatic heterocycles. The minimum atomic E-state index is -0.326. The highest BCUT2D eigenvalue weighted by Gasteiger charge is 2.20. The van der Waals surface area contributed by atoms with Gasteiger partial charge in [0.1, 0.15) is 11.6 Å². The number of nitrogens with zero attached hydrogens (tertiary/aromatic N) is 3. The molecule has 1 heterocycles. The Hall–Kier alpha value is -2.63. The highest BCUT2D eigenvalue weighted by Crippen LogP contribution is 2.11. The lowest BCUT2D eigenvalue weighted by Crippen LogP contribution is -2.48. The van der Waals surface area contributed by atoms with Crippen LogP contribution in [0.15, 0.2) is 49.3 Å². The average Bonchev–Trinajstić information content (AvgIpc) is 2.92. The van der Waals surface area contributed by atoms with Crippen LogP contribution < -0.4 is 5.32 Å². The van der Waals surface area contributed by atoms with Crippen LogP contribution in [0.4, 0.5) is 9.18 Å². The Balaban J connectivity index is 2.13. The minimum absolute atomic E-state index is 0.173.